The number of rotatable bonds is 11. The van der Waals surface area contributed by atoms with Gasteiger partial charge < -0.3 is 10.2 Å². The molecule has 11 heteroatoms. The van der Waals surface area contributed by atoms with E-state index in [1.165, 1.54) is 4.90 Å². The molecule has 186 valence electrons. The minimum atomic E-state index is -3.82. The zero-order chi connectivity index (χ0) is 25.5. The second-order valence-corrected chi connectivity index (χ2v) is 10.1. The van der Waals surface area contributed by atoms with Crippen LogP contribution in [-0.4, -0.2) is 50.5 Å². The molecule has 0 heterocycles. The predicted molar refractivity (Wildman–Crippen MR) is 128 cm³/mol. The minimum absolute atomic E-state index is 0.0414. The highest BCUT2D eigenvalue weighted by Crippen LogP contribution is 2.22. The van der Waals surface area contributed by atoms with E-state index in [2.05, 4.69) is 5.32 Å². The first kappa shape index (κ1) is 27.5. The van der Waals surface area contributed by atoms with Gasteiger partial charge in [0.05, 0.1) is 11.9 Å². The fourth-order valence-electron chi connectivity index (χ4n) is 3.38. The van der Waals surface area contributed by atoms with E-state index in [4.69, 9.17) is 11.6 Å². The van der Waals surface area contributed by atoms with Crippen molar-refractivity contribution in [1.29, 1.82) is 0 Å². The summed E-state index contributed by atoms with van der Waals surface area (Å²) in [6, 6.07) is 8.93. The third-order valence-electron chi connectivity index (χ3n) is 5.10. The second-order valence-electron chi connectivity index (χ2n) is 7.76. The second kappa shape index (κ2) is 12.1. The number of hydrogen-bond donors (Lipinski definition) is 1. The Morgan fingerprint density at radius 2 is 1.82 bits per heavy atom. The fourth-order valence-corrected chi connectivity index (χ4v) is 4.55. The number of sulfonamides is 1. The van der Waals surface area contributed by atoms with E-state index in [1.807, 2.05) is 0 Å². The number of nitrogens with one attached hydrogen (secondary N) is 1. The van der Waals surface area contributed by atoms with Crippen LogP contribution >= 0.6 is 11.6 Å². The lowest BCUT2D eigenvalue weighted by atomic mass is 10.1. The highest BCUT2D eigenvalue weighted by molar-refractivity contribution is 7.92. The fraction of sp³-hybridized carbons (Fsp3) is 0.391. The van der Waals surface area contributed by atoms with Gasteiger partial charge in [0, 0.05) is 37.1 Å². The molecule has 0 aliphatic heterocycles. The van der Waals surface area contributed by atoms with Gasteiger partial charge in [0.15, 0.2) is 11.6 Å². The number of carbonyl (C=O) groups excluding carboxylic acids is 2. The van der Waals surface area contributed by atoms with E-state index < -0.39 is 27.7 Å². The molecule has 2 aromatic carbocycles. The molecule has 2 rings (SSSR count). The molecule has 0 radical (unpaired) electrons. The summed E-state index contributed by atoms with van der Waals surface area (Å²) in [5, 5.41) is 3.18. The van der Waals surface area contributed by atoms with Gasteiger partial charge in [-0.15, -0.1) is 0 Å². The lowest BCUT2D eigenvalue weighted by Gasteiger charge is -2.29. The summed E-state index contributed by atoms with van der Waals surface area (Å²) >= 11 is 6.04. The molecular formula is C23H28ClF2N3O4S. The molecule has 0 aliphatic rings. The van der Waals surface area contributed by atoms with Crippen molar-refractivity contribution in [2.75, 3.05) is 23.7 Å². The molecule has 1 unspecified atom stereocenters. The topological polar surface area (TPSA) is 86.8 Å². The number of amides is 2. The van der Waals surface area contributed by atoms with Crippen LogP contribution in [0.1, 0.15) is 32.3 Å². The first-order valence-electron chi connectivity index (χ1n) is 10.7. The van der Waals surface area contributed by atoms with Gasteiger partial charge in [0.25, 0.3) is 0 Å². The van der Waals surface area contributed by atoms with E-state index in [0.717, 1.165) is 34.3 Å². The van der Waals surface area contributed by atoms with Crippen LogP contribution in [0.5, 0.6) is 0 Å². The average Bonchev–Trinajstić information content (AvgIpc) is 2.76. The van der Waals surface area contributed by atoms with E-state index in [-0.39, 0.29) is 43.4 Å². The van der Waals surface area contributed by atoms with Gasteiger partial charge in [0.2, 0.25) is 21.8 Å². The van der Waals surface area contributed by atoms with Crippen molar-refractivity contribution in [3.05, 3.63) is 64.7 Å². The summed E-state index contributed by atoms with van der Waals surface area (Å²) in [6.45, 7) is 3.79. The van der Waals surface area contributed by atoms with Gasteiger partial charge in [-0.2, -0.15) is 0 Å². The largest absolute Gasteiger partial charge is 0.355 e. The molecule has 0 aromatic heterocycles. The maximum absolute atomic E-state index is 13.6. The molecule has 0 aliphatic carbocycles. The molecule has 0 bridgehead atoms. The van der Waals surface area contributed by atoms with Gasteiger partial charge in [-0.3, -0.25) is 13.9 Å². The first-order valence-corrected chi connectivity index (χ1v) is 12.9. The molecule has 0 fully saturated rings. The van der Waals surface area contributed by atoms with Gasteiger partial charge >= 0.3 is 0 Å². The number of halogens is 3. The number of likely N-dealkylation sites (N-methyl/N-ethyl adjacent to an activating group) is 1. The van der Waals surface area contributed by atoms with Crippen molar-refractivity contribution in [2.45, 2.75) is 39.3 Å². The molecule has 0 saturated heterocycles. The standard InChI is InChI=1S/C23H28ClF2N3O4S/c1-4-27-23(31)16(2)28(15-17-7-5-8-18(24)13-17)22(30)9-6-12-29(34(3,32)33)19-10-11-20(25)21(26)14-19/h5,7-8,10-11,13-14,16H,4,6,9,12,15H2,1-3H3,(H,27,31). The zero-order valence-electron chi connectivity index (χ0n) is 19.2. The Bertz CT molecular complexity index is 1130. The highest BCUT2D eigenvalue weighted by atomic mass is 35.5. The van der Waals surface area contributed by atoms with E-state index in [1.54, 1.807) is 38.1 Å². The van der Waals surface area contributed by atoms with Crippen molar-refractivity contribution in [3.8, 4) is 0 Å². The Kier molecular flexibility index (Phi) is 9.81. The van der Waals surface area contributed by atoms with Crippen LogP contribution in [0, 0.1) is 11.6 Å². The smallest absolute Gasteiger partial charge is 0.242 e. The Morgan fingerprint density at radius 1 is 1.12 bits per heavy atom. The van der Waals surface area contributed by atoms with Crippen LogP contribution < -0.4 is 9.62 Å². The third-order valence-corrected chi connectivity index (χ3v) is 6.53. The summed E-state index contributed by atoms with van der Waals surface area (Å²) in [5.41, 5.74) is 0.692. The zero-order valence-corrected chi connectivity index (χ0v) is 20.8. The maximum Gasteiger partial charge on any atom is 0.242 e. The van der Waals surface area contributed by atoms with Crippen LogP contribution in [-0.2, 0) is 26.2 Å². The van der Waals surface area contributed by atoms with E-state index >= 15 is 0 Å². The molecular weight excluding hydrogens is 488 g/mol. The number of nitrogens with zero attached hydrogens (tertiary/aromatic N) is 2. The van der Waals surface area contributed by atoms with Crippen LogP contribution in [0.25, 0.3) is 0 Å². The Labute approximate surface area is 203 Å². The van der Waals surface area contributed by atoms with Crippen molar-refractivity contribution < 1.29 is 26.8 Å². The van der Waals surface area contributed by atoms with Gasteiger partial charge in [-0.05, 0) is 50.1 Å². The maximum atomic E-state index is 13.6. The summed E-state index contributed by atoms with van der Waals surface area (Å²) < 4.78 is 52.3. The minimum Gasteiger partial charge on any atom is -0.355 e. The van der Waals surface area contributed by atoms with Crippen LogP contribution in [0.15, 0.2) is 42.5 Å². The molecule has 1 atom stereocenters. The van der Waals surface area contributed by atoms with E-state index in [0.29, 0.717) is 11.6 Å². The Hall–Kier alpha value is -2.72. The van der Waals surface area contributed by atoms with Crippen molar-refractivity contribution in [2.24, 2.45) is 0 Å². The SMILES string of the molecule is CCNC(=O)C(C)N(Cc1cccc(Cl)c1)C(=O)CCCN(c1ccc(F)c(F)c1)S(C)(=O)=O. The lowest BCUT2D eigenvalue weighted by molar-refractivity contribution is -0.140. The van der Waals surface area contributed by atoms with E-state index in [9.17, 15) is 26.8 Å². The van der Waals surface area contributed by atoms with Crippen molar-refractivity contribution in [1.82, 2.24) is 10.2 Å². The Balaban J connectivity index is 2.17. The summed E-state index contributed by atoms with van der Waals surface area (Å²) in [7, 11) is -3.82. The summed E-state index contributed by atoms with van der Waals surface area (Å²) in [6.07, 6.45) is 0.970. The predicted octanol–water partition coefficient (Wildman–Crippen LogP) is 3.72. The van der Waals surface area contributed by atoms with Crippen LogP contribution in [0.4, 0.5) is 14.5 Å². The summed E-state index contributed by atoms with van der Waals surface area (Å²) in [5.74, 6) is -2.95. The molecule has 0 saturated carbocycles. The molecule has 2 amide bonds. The van der Waals surface area contributed by atoms with Gasteiger partial charge in [-0.25, -0.2) is 17.2 Å². The molecule has 2 aromatic rings. The normalized spacial score (nSPS) is 12.2. The lowest BCUT2D eigenvalue weighted by Crippen LogP contribution is -2.47. The number of benzene rings is 2. The Morgan fingerprint density at radius 3 is 2.41 bits per heavy atom. The number of anilines is 1. The summed E-state index contributed by atoms with van der Waals surface area (Å²) in [4.78, 5) is 26.9. The molecule has 7 nitrogen and oxygen atoms in total. The van der Waals surface area contributed by atoms with Crippen molar-refractivity contribution >= 4 is 39.1 Å². The van der Waals surface area contributed by atoms with Gasteiger partial charge in [0.1, 0.15) is 6.04 Å². The van der Waals surface area contributed by atoms with Crippen molar-refractivity contribution in [3.63, 3.8) is 0 Å². The third kappa shape index (κ3) is 7.66. The quantitative estimate of drug-likeness (QED) is 0.494. The first-order chi connectivity index (χ1) is 15.9. The molecule has 0 spiro atoms. The molecule has 1 N–H and O–H groups in total. The highest BCUT2D eigenvalue weighted by Gasteiger charge is 2.26. The number of hydrogen-bond acceptors (Lipinski definition) is 4. The average molecular weight is 516 g/mol. The number of carbonyl (C=O) groups is 2. The monoisotopic (exact) mass is 515 g/mol. The van der Waals surface area contributed by atoms with Gasteiger partial charge in [-0.1, -0.05) is 23.7 Å². The van der Waals surface area contributed by atoms with Crippen LogP contribution in [0.2, 0.25) is 5.02 Å². The van der Waals surface area contributed by atoms with Crippen LogP contribution in [0.3, 0.4) is 0 Å². The molecule has 34 heavy (non-hydrogen) atoms.